The number of carboxylic acids is 1. The first-order chi connectivity index (χ1) is 19.6. The smallest absolute Gasteiger partial charge is 0.548 e. The van der Waals surface area contributed by atoms with Crippen molar-refractivity contribution in [2.45, 2.75) is 50.0 Å². The van der Waals surface area contributed by atoms with Crippen molar-refractivity contribution < 1.29 is 79.2 Å². The molecule has 3 aromatic carbocycles. The van der Waals surface area contributed by atoms with E-state index in [1.807, 2.05) is 38.1 Å². The molecule has 1 aliphatic carbocycles. The number of nitrogens with one attached hydrogen (secondary N) is 1. The van der Waals surface area contributed by atoms with Crippen molar-refractivity contribution in [2.75, 3.05) is 19.7 Å². The van der Waals surface area contributed by atoms with Crippen LogP contribution in [0.15, 0.2) is 82.2 Å². The van der Waals surface area contributed by atoms with Crippen molar-refractivity contribution in [3.05, 3.63) is 88.4 Å². The third-order valence-electron chi connectivity index (χ3n) is 7.10. The number of carbonyl (C=O) groups is 2. The number of sulfonamides is 1. The van der Waals surface area contributed by atoms with Crippen molar-refractivity contribution >= 4 is 38.0 Å². The fraction of sp³-hybridized carbons (Fsp3) is 0.355. The Hall–Kier alpha value is -1.57. The molecule has 0 fully saturated rings. The summed E-state index contributed by atoms with van der Waals surface area (Å²) in [6.07, 6.45) is 0.314. The number of unbranched alkanes of at least 4 members (excludes halogenated alkanes) is 1. The van der Waals surface area contributed by atoms with E-state index in [4.69, 9.17) is 4.74 Å². The normalized spacial score (nSPS) is 13.3. The van der Waals surface area contributed by atoms with Gasteiger partial charge in [0.25, 0.3) is 0 Å². The van der Waals surface area contributed by atoms with Gasteiger partial charge in [-0.3, -0.25) is 0 Å². The fourth-order valence-electron chi connectivity index (χ4n) is 5.18. The molecule has 0 spiro atoms. The summed E-state index contributed by atoms with van der Waals surface area (Å²) in [6.45, 7) is 4.16. The summed E-state index contributed by atoms with van der Waals surface area (Å²) < 4.78 is 34.1. The zero-order chi connectivity index (χ0) is 29.6. The third-order valence-corrected chi connectivity index (χ3v) is 9.52. The minimum Gasteiger partial charge on any atom is -0.548 e. The van der Waals surface area contributed by atoms with Crippen molar-refractivity contribution in [1.29, 1.82) is 0 Å². The molecule has 3 aromatic rings. The summed E-state index contributed by atoms with van der Waals surface area (Å²) in [5.41, 5.74) is 4.54. The van der Waals surface area contributed by atoms with Crippen molar-refractivity contribution in [3.8, 4) is 11.1 Å². The maximum absolute atomic E-state index is 13.4. The van der Waals surface area contributed by atoms with E-state index in [2.05, 4.69) is 45.5 Å². The number of alkyl carbamates (subject to hydrolysis) is 1. The van der Waals surface area contributed by atoms with E-state index in [-0.39, 0.29) is 94.2 Å². The second-order valence-corrected chi connectivity index (χ2v) is 13.3. The van der Waals surface area contributed by atoms with Crippen LogP contribution in [-0.2, 0) is 19.6 Å². The van der Waals surface area contributed by atoms with Gasteiger partial charge < -0.3 is 20.0 Å². The molecule has 4 rings (SSSR count). The Bertz CT molecular complexity index is 1440. The van der Waals surface area contributed by atoms with Crippen LogP contribution in [0.3, 0.4) is 0 Å². The van der Waals surface area contributed by atoms with E-state index in [1.54, 1.807) is 12.1 Å². The number of ether oxygens (including phenoxy) is 1. The van der Waals surface area contributed by atoms with Crippen molar-refractivity contribution in [3.63, 3.8) is 0 Å². The monoisotopic (exact) mass is 680 g/mol. The topological polar surface area (TPSA) is 116 Å². The number of nitrogens with zero attached hydrogens (tertiary/aromatic N) is 1. The average Bonchev–Trinajstić information content (AvgIpc) is 3.26. The standard InChI is InChI=1S/C31H35BrN2O6S.K/c1-21(2)19-34(41(38,39)23-16-14-22(32)15-17-23)29(30(35)36)13-7-8-18-33-31(37)40-20-28-26-11-5-3-9-24(26)25-10-4-6-12-27(25)28;/h3-6,9-12,14-17,21,28-29H,7-8,13,18-20H2,1-2H3,(H,33,37)(H,35,36);/q;+1/p-1/t29-;/m0./s1. The molecule has 218 valence electrons. The molecular formula is C31H34BrKN2O6S. The summed E-state index contributed by atoms with van der Waals surface area (Å²) in [5.74, 6) is -1.59. The average molecular weight is 682 g/mol. The van der Waals surface area contributed by atoms with Gasteiger partial charge in [-0.25, -0.2) is 13.2 Å². The molecule has 1 aliphatic rings. The predicted molar refractivity (Wildman–Crippen MR) is 159 cm³/mol. The predicted octanol–water partition coefficient (Wildman–Crippen LogP) is 1.93. The first-order valence-electron chi connectivity index (χ1n) is 13.7. The summed E-state index contributed by atoms with van der Waals surface area (Å²) in [6, 6.07) is 20.9. The first-order valence-corrected chi connectivity index (χ1v) is 15.9. The number of carboxylic acid groups (broad SMARTS) is 1. The number of amides is 1. The molecule has 0 aromatic heterocycles. The summed E-state index contributed by atoms with van der Waals surface area (Å²) in [4.78, 5) is 24.6. The number of aliphatic carboxylic acids is 1. The van der Waals surface area contributed by atoms with Crippen LogP contribution in [0.1, 0.15) is 50.2 Å². The van der Waals surface area contributed by atoms with Crippen LogP contribution in [0.2, 0.25) is 0 Å². The molecule has 0 saturated carbocycles. The summed E-state index contributed by atoms with van der Waals surface area (Å²) >= 11 is 3.29. The van der Waals surface area contributed by atoms with Gasteiger partial charge in [-0.15, -0.1) is 0 Å². The molecule has 42 heavy (non-hydrogen) atoms. The van der Waals surface area contributed by atoms with Gasteiger partial charge in [0.2, 0.25) is 10.0 Å². The Morgan fingerprint density at radius 3 is 2.07 bits per heavy atom. The van der Waals surface area contributed by atoms with E-state index in [0.717, 1.165) is 26.6 Å². The second kappa shape index (κ2) is 15.9. The Morgan fingerprint density at radius 1 is 0.952 bits per heavy atom. The van der Waals surface area contributed by atoms with E-state index in [0.29, 0.717) is 17.3 Å². The Kier molecular flexibility index (Phi) is 13.3. The van der Waals surface area contributed by atoms with Crippen LogP contribution in [0.25, 0.3) is 11.1 Å². The van der Waals surface area contributed by atoms with Crippen LogP contribution in [0.4, 0.5) is 4.79 Å². The maximum atomic E-state index is 13.4. The molecule has 11 heteroatoms. The maximum Gasteiger partial charge on any atom is 1.00 e. The SMILES string of the molecule is CC(C)CN([C@@H](CCCCNC(=O)OCC1c2ccccc2-c2ccccc21)C(=O)[O-])S(=O)(=O)c1ccc(Br)cc1.[K+]. The van der Waals surface area contributed by atoms with E-state index in [1.165, 1.54) is 12.1 Å². The third kappa shape index (κ3) is 8.53. The minimum absolute atomic E-state index is 0. The number of hydrogen-bond acceptors (Lipinski definition) is 6. The molecule has 0 heterocycles. The summed E-state index contributed by atoms with van der Waals surface area (Å²) in [5, 5.41) is 14.8. The summed E-state index contributed by atoms with van der Waals surface area (Å²) in [7, 11) is -4.07. The van der Waals surface area contributed by atoms with Crippen LogP contribution in [-0.4, -0.2) is 50.5 Å². The number of hydrogen-bond donors (Lipinski definition) is 1. The Labute approximate surface area is 298 Å². The fourth-order valence-corrected chi connectivity index (χ4v) is 7.21. The minimum atomic E-state index is -4.07. The molecule has 0 saturated heterocycles. The molecular weight excluding hydrogens is 647 g/mol. The van der Waals surface area contributed by atoms with Gasteiger partial charge in [0.1, 0.15) is 6.61 Å². The number of rotatable bonds is 13. The zero-order valence-corrected chi connectivity index (χ0v) is 29.6. The van der Waals surface area contributed by atoms with Gasteiger partial charge in [0.05, 0.1) is 16.9 Å². The largest absolute Gasteiger partial charge is 1.00 e. The van der Waals surface area contributed by atoms with Crippen LogP contribution >= 0.6 is 15.9 Å². The Balaban J connectivity index is 0.00000484. The zero-order valence-electron chi connectivity index (χ0n) is 24.1. The quantitative estimate of drug-likeness (QED) is 0.218. The molecule has 0 radical (unpaired) electrons. The van der Waals surface area contributed by atoms with E-state index < -0.39 is 28.1 Å². The molecule has 0 bridgehead atoms. The van der Waals surface area contributed by atoms with Gasteiger partial charge in [-0.05, 0) is 71.7 Å². The van der Waals surface area contributed by atoms with Crippen LogP contribution in [0, 0.1) is 5.92 Å². The van der Waals surface area contributed by atoms with Crippen molar-refractivity contribution in [2.24, 2.45) is 5.92 Å². The first kappa shape index (κ1) is 34.9. The van der Waals surface area contributed by atoms with Gasteiger partial charge in [0, 0.05) is 23.5 Å². The van der Waals surface area contributed by atoms with Gasteiger partial charge in [-0.1, -0.05) is 78.3 Å². The molecule has 1 amide bonds. The second-order valence-electron chi connectivity index (χ2n) is 10.5. The molecule has 1 N–H and O–H groups in total. The van der Waals surface area contributed by atoms with E-state index in [9.17, 15) is 23.1 Å². The number of halogens is 1. The molecule has 8 nitrogen and oxygen atoms in total. The van der Waals surface area contributed by atoms with E-state index >= 15 is 0 Å². The molecule has 0 aliphatic heterocycles. The van der Waals surface area contributed by atoms with Gasteiger partial charge in [-0.2, -0.15) is 4.31 Å². The van der Waals surface area contributed by atoms with Crippen LogP contribution < -0.4 is 61.8 Å². The number of benzene rings is 3. The van der Waals surface area contributed by atoms with Crippen molar-refractivity contribution in [1.82, 2.24) is 9.62 Å². The number of fused-ring (bicyclic) bond motifs is 3. The molecule has 1 atom stereocenters. The van der Waals surface area contributed by atoms with Gasteiger partial charge in [0.15, 0.2) is 0 Å². The Morgan fingerprint density at radius 2 is 1.52 bits per heavy atom. The number of carbonyl (C=O) groups excluding carboxylic acids is 2. The van der Waals surface area contributed by atoms with Gasteiger partial charge >= 0.3 is 57.5 Å². The van der Waals surface area contributed by atoms with Crippen LogP contribution in [0.5, 0.6) is 0 Å². The molecule has 0 unspecified atom stereocenters.